The largest absolute Gasteiger partial charge is 0.381 e. The first-order valence-electron chi connectivity index (χ1n) is 7.77. The van der Waals surface area contributed by atoms with Gasteiger partial charge < -0.3 is 9.64 Å². The molecule has 0 amide bonds. The standard InChI is InChI=1S/C18H27NO/c1-18(2,3)14-8-12-6-7-16(20-5)15-11-19(4)10-13(9-14)17(12)15/h8-9,15-16H,6-7,10-11H2,1-5H3. The minimum Gasteiger partial charge on any atom is -0.381 e. The van der Waals surface area contributed by atoms with Gasteiger partial charge in [0.1, 0.15) is 0 Å². The Morgan fingerprint density at radius 3 is 2.55 bits per heavy atom. The Morgan fingerprint density at radius 2 is 1.90 bits per heavy atom. The van der Waals surface area contributed by atoms with Gasteiger partial charge in [-0.25, -0.2) is 0 Å². The molecule has 2 heteroatoms. The van der Waals surface area contributed by atoms with Crippen LogP contribution in [-0.4, -0.2) is 31.7 Å². The van der Waals surface area contributed by atoms with Crippen molar-refractivity contribution in [3.63, 3.8) is 0 Å². The van der Waals surface area contributed by atoms with Crippen LogP contribution in [0.4, 0.5) is 0 Å². The Kier molecular flexibility index (Phi) is 3.42. The highest BCUT2D eigenvalue weighted by atomic mass is 16.5. The van der Waals surface area contributed by atoms with Crippen LogP contribution < -0.4 is 0 Å². The molecule has 20 heavy (non-hydrogen) atoms. The number of likely N-dealkylation sites (N-methyl/N-ethyl adjacent to an activating group) is 1. The highest BCUT2D eigenvalue weighted by Gasteiger charge is 2.36. The average Bonchev–Trinajstić information content (AvgIpc) is 2.37. The molecular weight excluding hydrogens is 246 g/mol. The SMILES string of the molecule is COC1CCc2cc(C(C)(C)C)cc3c2C1CN(C)C3. The smallest absolute Gasteiger partial charge is 0.0655 e. The first-order chi connectivity index (χ1) is 9.40. The highest BCUT2D eigenvalue weighted by molar-refractivity contribution is 5.47. The molecule has 0 bridgehead atoms. The van der Waals surface area contributed by atoms with Crippen molar-refractivity contribution in [1.29, 1.82) is 0 Å². The molecule has 2 aliphatic rings. The third kappa shape index (κ3) is 2.29. The van der Waals surface area contributed by atoms with E-state index in [0.717, 1.165) is 19.5 Å². The number of benzene rings is 1. The van der Waals surface area contributed by atoms with Crippen molar-refractivity contribution in [2.24, 2.45) is 0 Å². The molecule has 2 unspecified atom stereocenters. The van der Waals surface area contributed by atoms with E-state index in [0.29, 0.717) is 12.0 Å². The lowest BCUT2D eigenvalue weighted by molar-refractivity contribution is 0.0491. The van der Waals surface area contributed by atoms with Gasteiger partial charge in [-0.1, -0.05) is 32.9 Å². The fourth-order valence-electron chi connectivity index (χ4n) is 3.89. The van der Waals surface area contributed by atoms with Crippen molar-refractivity contribution in [2.75, 3.05) is 20.7 Å². The summed E-state index contributed by atoms with van der Waals surface area (Å²) in [6.07, 6.45) is 2.73. The molecule has 0 radical (unpaired) electrons. The van der Waals surface area contributed by atoms with Crippen molar-refractivity contribution >= 4 is 0 Å². The number of ether oxygens (including phenoxy) is 1. The van der Waals surface area contributed by atoms with Gasteiger partial charge in [0.2, 0.25) is 0 Å². The molecule has 1 aromatic rings. The Hall–Kier alpha value is -0.860. The zero-order chi connectivity index (χ0) is 14.5. The van der Waals surface area contributed by atoms with Crippen LogP contribution in [0.2, 0.25) is 0 Å². The highest BCUT2D eigenvalue weighted by Crippen LogP contribution is 2.41. The predicted octanol–water partition coefficient (Wildman–Crippen LogP) is 3.47. The summed E-state index contributed by atoms with van der Waals surface area (Å²) in [6.45, 7) is 9.15. The van der Waals surface area contributed by atoms with Crippen molar-refractivity contribution in [3.05, 3.63) is 34.4 Å². The first kappa shape index (κ1) is 14.1. The van der Waals surface area contributed by atoms with E-state index < -0.39 is 0 Å². The predicted molar refractivity (Wildman–Crippen MR) is 83.3 cm³/mol. The topological polar surface area (TPSA) is 12.5 Å². The van der Waals surface area contributed by atoms with Crippen LogP contribution in [0, 0.1) is 0 Å². The molecule has 1 aliphatic heterocycles. The van der Waals surface area contributed by atoms with Gasteiger partial charge >= 0.3 is 0 Å². The summed E-state index contributed by atoms with van der Waals surface area (Å²) < 4.78 is 5.76. The van der Waals surface area contributed by atoms with Crippen LogP contribution in [0.25, 0.3) is 0 Å². The van der Waals surface area contributed by atoms with Crippen LogP contribution in [0.15, 0.2) is 12.1 Å². The molecule has 0 aromatic heterocycles. The average molecular weight is 273 g/mol. The Balaban J connectivity index is 2.12. The number of hydrogen-bond donors (Lipinski definition) is 0. The number of hydrogen-bond acceptors (Lipinski definition) is 2. The minimum absolute atomic E-state index is 0.231. The second-order valence-corrected chi connectivity index (χ2v) is 7.57. The van der Waals surface area contributed by atoms with Crippen LogP contribution in [-0.2, 0) is 23.1 Å². The summed E-state index contributed by atoms with van der Waals surface area (Å²) >= 11 is 0. The summed E-state index contributed by atoms with van der Waals surface area (Å²) in [7, 11) is 4.10. The second kappa shape index (κ2) is 4.85. The molecular formula is C18H27NO. The van der Waals surface area contributed by atoms with Gasteiger partial charge in [-0.3, -0.25) is 0 Å². The summed E-state index contributed by atoms with van der Waals surface area (Å²) in [5, 5.41) is 0. The summed E-state index contributed by atoms with van der Waals surface area (Å²) in [5.41, 5.74) is 6.44. The zero-order valence-corrected chi connectivity index (χ0v) is 13.5. The molecule has 0 saturated heterocycles. The maximum atomic E-state index is 5.76. The van der Waals surface area contributed by atoms with E-state index in [4.69, 9.17) is 4.74 Å². The van der Waals surface area contributed by atoms with Gasteiger partial charge in [0, 0.05) is 26.1 Å². The van der Waals surface area contributed by atoms with Gasteiger partial charge in [0.15, 0.2) is 0 Å². The summed E-state index contributed by atoms with van der Waals surface area (Å²) in [6, 6.07) is 4.91. The number of rotatable bonds is 1. The van der Waals surface area contributed by atoms with Crippen LogP contribution in [0.1, 0.15) is 55.4 Å². The van der Waals surface area contributed by atoms with E-state index in [9.17, 15) is 0 Å². The maximum absolute atomic E-state index is 5.76. The van der Waals surface area contributed by atoms with Crippen LogP contribution in [0.3, 0.4) is 0 Å². The third-order valence-electron chi connectivity index (χ3n) is 4.99. The molecule has 0 N–H and O–H groups in total. The maximum Gasteiger partial charge on any atom is 0.0655 e. The molecule has 3 rings (SSSR count). The molecule has 0 spiro atoms. The van der Waals surface area contributed by atoms with Crippen LogP contribution in [0.5, 0.6) is 0 Å². The molecule has 0 fully saturated rings. The molecule has 1 aliphatic carbocycles. The van der Waals surface area contributed by atoms with E-state index in [1.165, 1.54) is 17.5 Å². The molecule has 1 aromatic carbocycles. The minimum atomic E-state index is 0.231. The molecule has 2 atom stereocenters. The van der Waals surface area contributed by atoms with Gasteiger partial charge in [0.25, 0.3) is 0 Å². The lowest BCUT2D eigenvalue weighted by Crippen LogP contribution is -2.40. The van der Waals surface area contributed by atoms with Crippen molar-refractivity contribution < 1.29 is 4.74 Å². The lowest BCUT2D eigenvalue weighted by Gasteiger charge is -2.41. The fraction of sp³-hybridized carbons (Fsp3) is 0.667. The van der Waals surface area contributed by atoms with Crippen molar-refractivity contribution in [3.8, 4) is 0 Å². The van der Waals surface area contributed by atoms with E-state index in [2.05, 4.69) is 44.9 Å². The third-order valence-corrected chi connectivity index (χ3v) is 4.99. The van der Waals surface area contributed by atoms with E-state index in [1.807, 2.05) is 7.11 Å². The van der Waals surface area contributed by atoms with Crippen molar-refractivity contribution in [2.45, 2.75) is 57.6 Å². The number of aryl methyl sites for hydroxylation is 1. The normalized spacial score (nSPS) is 26.4. The Bertz CT molecular complexity index is 515. The fourth-order valence-corrected chi connectivity index (χ4v) is 3.89. The Morgan fingerprint density at radius 1 is 1.20 bits per heavy atom. The molecule has 0 saturated carbocycles. The van der Waals surface area contributed by atoms with Gasteiger partial charge in [-0.2, -0.15) is 0 Å². The van der Waals surface area contributed by atoms with Crippen molar-refractivity contribution in [1.82, 2.24) is 4.90 Å². The Labute approximate surface area is 123 Å². The molecule has 110 valence electrons. The quantitative estimate of drug-likeness (QED) is 0.777. The second-order valence-electron chi connectivity index (χ2n) is 7.57. The van der Waals surface area contributed by atoms with E-state index in [1.54, 1.807) is 11.1 Å². The van der Waals surface area contributed by atoms with Gasteiger partial charge in [-0.05, 0) is 47.6 Å². The first-order valence-corrected chi connectivity index (χ1v) is 7.77. The summed E-state index contributed by atoms with van der Waals surface area (Å²) in [4.78, 5) is 2.44. The summed E-state index contributed by atoms with van der Waals surface area (Å²) in [5.74, 6) is 0.562. The zero-order valence-electron chi connectivity index (χ0n) is 13.5. The lowest BCUT2D eigenvalue weighted by atomic mass is 9.73. The van der Waals surface area contributed by atoms with Gasteiger partial charge in [0.05, 0.1) is 6.10 Å². The monoisotopic (exact) mass is 273 g/mol. The van der Waals surface area contributed by atoms with Gasteiger partial charge in [-0.15, -0.1) is 0 Å². The van der Waals surface area contributed by atoms with E-state index in [-0.39, 0.29) is 5.41 Å². The number of nitrogens with zero attached hydrogens (tertiary/aromatic N) is 1. The molecule has 2 nitrogen and oxygen atoms in total. The van der Waals surface area contributed by atoms with E-state index >= 15 is 0 Å². The number of methoxy groups -OCH3 is 1. The molecule has 1 heterocycles. The van der Waals surface area contributed by atoms with Crippen LogP contribution >= 0.6 is 0 Å².